The number of para-hydroxylation sites is 1. The van der Waals surface area contributed by atoms with E-state index in [1.165, 1.54) is 47.5 Å². The summed E-state index contributed by atoms with van der Waals surface area (Å²) < 4.78 is 2.58. The highest BCUT2D eigenvalue weighted by atomic mass is 32.1. The fraction of sp³-hybridized carbons (Fsp3) is 0. The van der Waals surface area contributed by atoms with Crippen molar-refractivity contribution in [3.8, 4) is 56.3 Å². The average molecular weight is 668 g/mol. The molecule has 10 rings (SSSR count). The number of nitrogens with zero attached hydrogens (tertiary/aromatic N) is 3. The molecule has 0 aliphatic heterocycles. The molecule has 0 atom stereocenters. The van der Waals surface area contributed by atoms with Crippen LogP contribution in [0, 0.1) is 0 Å². The Bertz CT molecular complexity index is 2820. The predicted octanol–water partition coefficient (Wildman–Crippen LogP) is 12.9. The van der Waals surface area contributed by atoms with Gasteiger partial charge in [-0.1, -0.05) is 152 Å². The summed E-state index contributed by atoms with van der Waals surface area (Å²) in [7, 11) is 0. The number of benzene rings is 7. The maximum atomic E-state index is 5.15. The van der Waals surface area contributed by atoms with E-state index in [1.807, 2.05) is 47.7 Å². The van der Waals surface area contributed by atoms with Gasteiger partial charge in [0, 0.05) is 58.6 Å². The van der Waals surface area contributed by atoms with Crippen molar-refractivity contribution >= 4 is 53.2 Å². The average Bonchev–Trinajstić information content (AvgIpc) is 3.59. The second kappa shape index (κ2) is 12.1. The number of hydrogen-bond donors (Lipinski definition) is 0. The van der Waals surface area contributed by atoms with Gasteiger partial charge in [-0.15, -0.1) is 11.3 Å². The molecule has 3 heterocycles. The highest BCUT2D eigenvalue weighted by Gasteiger charge is 2.17. The lowest BCUT2D eigenvalue weighted by Crippen LogP contribution is -1.95. The molecule has 0 fully saturated rings. The Balaban J connectivity index is 1.08. The monoisotopic (exact) mass is 667 g/mol. The van der Waals surface area contributed by atoms with E-state index < -0.39 is 0 Å². The van der Waals surface area contributed by atoms with Crippen molar-refractivity contribution in [2.45, 2.75) is 0 Å². The summed E-state index contributed by atoms with van der Waals surface area (Å²) in [6, 6.07) is 61.8. The predicted molar refractivity (Wildman–Crippen MR) is 215 cm³/mol. The molecule has 0 bridgehead atoms. The molecule has 0 radical (unpaired) electrons. The largest absolute Gasteiger partial charge is 0.247 e. The zero-order valence-electron chi connectivity index (χ0n) is 27.5. The quantitative estimate of drug-likeness (QED) is 0.171. The molecule has 7 aromatic carbocycles. The molecular formula is C47H29N3S. The van der Waals surface area contributed by atoms with Crippen LogP contribution in [0.1, 0.15) is 0 Å². The molecule has 0 saturated carbocycles. The Kier molecular flexibility index (Phi) is 7.00. The van der Waals surface area contributed by atoms with Crippen LogP contribution >= 0.6 is 11.3 Å². The van der Waals surface area contributed by atoms with Crippen LogP contribution in [0.2, 0.25) is 0 Å². The summed E-state index contributed by atoms with van der Waals surface area (Å²) in [6.07, 6.45) is 0. The molecule has 0 unspecified atom stereocenters. The summed E-state index contributed by atoms with van der Waals surface area (Å²) in [5.41, 5.74) is 10.5. The summed E-state index contributed by atoms with van der Waals surface area (Å²) in [5.74, 6) is 0.720. The van der Waals surface area contributed by atoms with Gasteiger partial charge in [0.2, 0.25) is 0 Å². The van der Waals surface area contributed by atoms with Gasteiger partial charge in [0.05, 0.1) is 22.6 Å². The zero-order valence-corrected chi connectivity index (χ0v) is 28.3. The lowest BCUT2D eigenvalue weighted by atomic mass is 9.97. The maximum absolute atomic E-state index is 5.15. The van der Waals surface area contributed by atoms with Crippen LogP contribution < -0.4 is 0 Å². The van der Waals surface area contributed by atoms with Gasteiger partial charge in [0.1, 0.15) is 0 Å². The van der Waals surface area contributed by atoms with Crippen molar-refractivity contribution in [3.05, 3.63) is 176 Å². The smallest absolute Gasteiger partial charge is 0.160 e. The summed E-state index contributed by atoms with van der Waals surface area (Å²) >= 11 is 1.87. The van der Waals surface area contributed by atoms with Crippen LogP contribution in [-0.4, -0.2) is 15.0 Å². The van der Waals surface area contributed by atoms with E-state index in [1.54, 1.807) is 0 Å². The normalized spacial score (nSPS) is 11.5. The SMILES string of the molecule is c1ccc(-c2cc(-c3ccc(-c4ccc5sc6c(ccc7c(-c8ccccc8)nc8ccccc8c76)c5c4)cc3)nc(-c3ccccc3)n2)cc1. The van der Waals surface area contributed by atoms with E-state index in [-0.39, 0.29) is 0 Å². The molecule has 0 aliphatic carbocycles. The molecule has 0 saturated heterocycles. The number of hydrogen-bond acceptors (Lipinski definition) is 4. The first-order valence-electron chi connectivity index (χ1n) is 17.1. The van der Waals surface area contributed by atoms with Crippen LogP contribution in [0.15, 0.2) is 176 Å². The Morgan fingerprint density at radius 3 is 1.65 bits per heavy atom. The third-order valence-electron chi connectivity index (χ3n) is 9.69. The lowest BCUT2D eigenvalue weighted by Gasteiger charge is -2.11. The first-order valence-corrected chi connectivity index (χ1v) is 17.9. The van der Waals surface area contributed by atoms with Gasteiger partial charge >= 0.3 is 0 Å². The Morgan fingerprint density at radius 1 is 0.353 bits per heavy atom. The standard InChI is InChI=1S/C47H29N3S/c1-4-12-31(13-5-1)41-29-42(50-47(49-41)34-16-8-3-9-17-34)32-22-20-30(21-23-32)35-24-27-43-39(28-35)36-25-26-38-44(46(36)51-43)37-18-10-11-19-40(37)48-45(38)33-14-6-2-7-15-33/h1-29H. The van der Waals surface area contributed by atoms with Crippen molar-refractivity contribution in [1.29, 1.82) is 0 Å². The van der Waals surface area contributed by atoms with Crippen LogP contribution in [0.5, 0.6) is 0 Å². The number of rotatable bonds is 5. The Hall–Kier alpha value is -6.49. The number of pyridine rings is 1. The third kappa shape index (κ3) is 5.16. The van der Waals surface area contributed by atoms with E-state index in [0.29, 0.717) is 0 Å². The minimum absolute atomic E-state index is 0.720. The molecule has 0 spiro atoms. The number of aromatic nitrogens is 3. The molecule has 0 amide bonds. The van der Waals surface area contributed by atoms with E-state index in [0.717, 1.165) is 50.7 Å². The molecule has 10 aromatic rings. The second-order valence-corrected chi connectivity index (χ2v) is 13.8. The van der Waals surface area contributed by atoms with Gasteiger partial charge in [0.15, 0.2) is 5.82 Å². The molecule has 51 heavy (non-hydrogen) atoms. The van der Waals surface area contributed by atoms with Gasteiger partial charge in [-0.05, 0) is 35.4 Å². The van der Waals surface area contributed by atoms with Gasteiger partial charge in [-0.2, -0.15) is 0 Å². The second-order valence-electron chi connectivity index (χ2n) is 12.8. The van der Waals surface area contributed by atoms with E-state index in [9.17, 15) is 0 Å². The highest BCUT2D eigenvalue weighted by Crippen LogP contribution is 2.44. The van der Waals surface area contributed by atoms with E-state index in [4.69, 9.17) is 15.0 Å². The van der Waals surface area contributed by atoms with Gasteiger partial charge in [-0.25, -0.2) is 15.0 Å². The van der Waals surface area contributed by atoms with Crippen LogP contribution in [-0.2, 0) is 0 Å². The maximum Gasteiger partial charge on any atom is 0.160 e. The van der Waals surface area contributed by atoms with Crippen molar-refractivity contribution in [2.24, 2.45) is 0 Å². The fourth-order valence-corrected chi connectivity index (χ4v) is 8.41. The molecule has 4 heteroatoms. The Morgan fingerprint density at radius 2 is 0.922 bits per heavy atom. The van der Waals surface area contributed by atoms with Crippen molar-refractivity contribution < 1.29 is 0 Å². The summed E-state index contributed by atoms with van der Waals surface area (Å²) in [5, 5.41) is 6.20. The van der Waals surface area contributed by atoms with Gasteiger partial charge in [-0.3, -0.25) is 0 Å². The third-order valence-corrected chi connectivity index (χ3v) is 10.9. The summed E-state index contributed by atoms with van der Waals surface area (Å²) in [4.78, 5) is 15.1. The van der Waals surface area contributed by atoms with Gasteiger partial charge in [0.25, 0.3) is 0 Å². The van der Waals surface area contributed by atoms with Crippen molar-refractivity contribution in [1.82, 2.24) is 15.0 Å². The fourth-order valence-electron chi connectivity index (χ4n) is 7.17. The first kappa shape index (κ1) is 29.4. The molecular weight excluding hydrogens is 639 g/mol. The number of fused-ring (bicyclic) bond motifs is 7. The van der Waals surface area contributed by atoms with E-state index >= 15 is 0 Å². The molecule has 0 aliphatic rings. The Labute approximate surface area is 299 Å². The van der Waals surface area contributed by atoms with Crippen LogP contribution in [0.4, 0.5) is 0 Å². The van der Waals surface area contributed by atoms with Crippen LogP contribution in [0.3, 0.4) is 0 Å². The minimum Gasteiger partial charge on any atom is -0.247 e. The topological polar surface area (TPSA) is 38.7 Å². The molecule has 238 valence electrons. The van der Waals surface area contributed by atoms with Crippen LogP contribution in [0.25, 0.3) is 98.1 Å². The number of thiophene rings is 1. The molecule has 3 aromatic heterocycles. The highest BCUT2D eigenvalue weighted by molar-refractivity contribution is 7.26. The van der Waals surface area contributed by atoms with Crippen molar-refractivity contribution in [2.75, 3.05) is 0 Å². The molecule has 0 N–H and O–H groups in total. The lowest BCUT2D eigenvalue weighted by molar-refractivity contribution is 1.18. The minimum atomic E-state index is 0.720. The summed E-state index contributed by atoms with van der Waals surface area (Å²) in [6.45, 7) is 0. The first-order chi connectivity index (χ1) is 25.3. The van der Waals surface area contributed by atoms with Crippen molar-refractivity contribution in [3.63, 3.8) is 0 Å². The van der Waals surface area contributed by atoms with Gasteiger partial charge < -0.3 is 0 Å². The zero-order chi connectivity index (χ0) is 33.7. The molecule has 3 nitrogen and oxygen atoms in total. The van der Waals surface area contributed by atoms with E-state index in [2.05, 4.69) is 140 Å².